The van der Waals surface area contributed by atoms with Crippen LogP contribution in [0.5, 0.6) is 0 Å². The van der Waals surface area contributed by atoms with E-state index in [2.05, 4.69) is 20.1 Å². The fourth-order valence-corrected chi connectivity index (χ4v) is 8.06. The number of hydrogen-bond acceptors (Lipinski definition) is 2. The molecule has 0 aromatic heterocycles. The molecule has 1 heterocycles. The van der Waals surface area contributed by atoms with Crippen molar-refractivity contribution in [1.82, 2.24) is 0 Å². The number of carbonyl (C=O) groups is 1. The second kappa shape index (κ2) is 5.67. The molecule has 1 saturated heterocycles. The molecule has 0 aromatic carbocycles. The van der Waals surface area contributed by atoms with E-state index in [4.69, 9.17) is 4.74 Å². The van der Waals surface area contributed by atoms with Gasteiger partial charge in [0, 0.05) is 11.8 Å². The van der Waals surface area contributed by atoms with Crippen LogP contribution in [0.15, 0.2) is 36.0 Å². The molecule has 4 aliphatic carbocycles. The third kappa shape index (κ3) is 1.95. The van der Waals surface area contributed by atoms with E-state index in [1.807, 2.05) is 6.08 Å². The summed E-state index contributed by atoms with van der Waals surface area (Å²) in [4.78, 5) is 11.9. The highest BCUT2D eigenvalue weighted by molar-refractivity contribution is 5.91. The summed E-state index contributed by atoms with van der Waals surface area (Å²) in [6, 6.07) is 0. The summed E-state index contributed by atoms with van der Waals surface area (Å²) in [5.74, 6) is 2.98. The predicted molar refractivity (Wildman–Crippen MR) is 104 cm³/mol. The van der Waals surface area contributed by atoms with E-state index in [1.54, 1.807) is 0 Å². The van der Waals surface area contributed by atoms with Crippen LogP contribution in [0.3, 0.4) is 0 Å². The van der Waals surface area contributed by atoms with Crippen LogP contribution in [0.2, 0.25) is 0 Å². The lowest BCUT2D eigenvalue weighted by molar-refractivity contribution is -0.117. The number of ketones is 1. The van der Waals surface area contributed by atoms with Gasteiger partial charge in [0.15, 0.2) is 5.78 Å². The number of rotatable bonds is 1. The van der Waals surface area contributed by atoms with Gasteiger partial charge in [0.25, 0.3) is 0 Å². The van der Waals surface area contributed by atoms with E-state index in [-0.39, 0.29) is 11.0 Å². The van der Waals surface area contributed by atoms with Crippen molar-refractivity contribution in [1.29, 1.82) is 0 Å². The molecule has 0 unspecified atom stereocenters. The Kier molecular flexibility index (Phi) is 3.71. The van der Waals surface area contributed by atoms with Gasteiger partial charge in [0.1, 0.15) is 0 Å². The van der Waals surface area contributed by atoms with Gasteiger partial charge in [0.2, 0.25) is 0 Å². The number of fused-ring (bicyclic) bond motifs is 6. The molecule has 6 atom stereocenters. The molecule has 0 aromatic rings. The van der Waals surface area contributed by atoms with Crippen molar-refractivity contribution in [3.8, 4) is 0 Å². The Balaban J connectivity index is 1.55. The monoisotopic (exact) mass is 352 g/mol. The van der Waals surface area contributed by atoms with Crippen LogP contribution in [-0.2, 0) is 9.53 Å². The van der Waals surface area contributed by atoms with Gasteiger partial charge in [-0.1, -0.05) is 31.2 Å². The van der Waals surface area contributed by atoms with Gasteiger partial charge in [-0.2, -0.15) is 0 Å². The van der Waals surface area contributed by atoms with E-state index in [0.29, 0.717) is 17.6 Å². The van der Waals surface area contributed by atoms with Crippen LogP contribution in [0.4, 0.5) is 0 Å². The van der Waals surface area contributed by atoms with Gasteiger partial charge in [-0.25, -0.2) is 0 Å². The fraction of sp³-hybridized carbons (Fsp3) is 0.708. The Hall–Kier alpha value is -1.15. The lowest BCUT2D eigenvalue weighted by Gasteiger charge is -2.58. The molecule has 1 spiro atoms. The molecule has 0 radical (unpaired) electrons. The molecule has 5 aliphatic rings. The van der Waals surface area contributed by atoms with Crippen LogP contribution >= 0.6 is 0 Å². The smallest absolute Gasteiger partial charge is 0.155 e. The molecule has 1 aliphatic heterocycles. The first-order chi connectivity index (χ1) is 12.5. The fourth-order valence-electron chi connectivity index (χ4n) is 8.06. The molecule has 0 amide bonds. The molecule has 140 valence electrons. The first-order valence-corrected chi connectivity index (χ1v) is 10.8. The third-order valence-electron chi connectivity index (χ3n) is 8.99. The quantitative estimate of drug-likeness (QED) is 0.591. The topological polar surface area (TPSA) is 26.3 Å². The SMILES string of the molecule is C=C1C[C@@]2(CC)[C@@H](CC[C@]23OCCC3=C)[C@@H]2CCC3=CC(=O)CC[C@@H]3[C@@H]12. The van der Waals surface area contributed by atoms with Gasteiger partial charge >= 0.3 is 0 Å². The van der Waals surface area contributed by atoms with Crippen LogP contribution in [0.25, 0.3) is 0 Å². The highest BCUT2D eigenvalue weighted by atomic mass is 16.5. The van der Waals surface area contributed by atoms with Gasteiger partial charge in [-0.3, -0.25) is 4.79 Å². The average Bonchev–Trinajstić information content (AvgIpc) is 3.17. The third-order valence-corrected chi connectivity index (χ3v) is 8.99. The van der Waals surface area contributed by atoms with Crippen molar-refractivity contribution in [2.75, 3.05) is 6.61 Å². The summed E-state index contributed by atoms with van der Waals surface area (Å²) in [7, 11) is 0. The number of ether oxygens (including phenoxy) is 1. The first kappa shape index (κ1) is 17.0. The minimum Gasteiger partial charge on any atom is -0.370 e. The number of carbonyl (C=O) groups excluding carboxylic acids is 1. The minimum absolute atomic E-state index is 0.0844. The number of hydrogen-bond donors (Lipinski definition) is 0. The van der Waals surface area contributed by atoms with E-state index in [1.165, 1.54) is 36.0 Å². The second-order valence-electron chi connectivity index (χ2n) is 9.58. The minimum atomic E-state index is -0.0844. The molecule has 0 bridgehead atoms. The Morgan fingerprint density at radius 1 is 1.19 bits per heavy atom. The standard InChI is InChI=1S/C24H32O2/c1-4-23-14-15(2)22-19-8-6-18(25)13-17(19)5-7-20(22)21(23)9-11-24(23)16(3)10-12-26-24/h13,19-22H,2-12,14H2,1H3/t19-,20-,21-,22+,23-,24+/m0/s1. The lowest BCUT2D eigenvalue weighted by atomic mass is 9.47. The largest absolute Gasteiger partial charge is 0.370 e. The molecule has 26 heavy (non-hydrogen) atoms. The van der Waals surface area contributed by atoms with Crippen LogP contribution in [0, 0.1) is 29.1 Å². The molecule has 2 heteroatoms. The second-order valence-corrected chi connectivity index (χ2v) is 9.58. The summed E-state index contributed by atoms with van der Waals surface area (Å²) in [5, 5.41) is 0. The summed E-state index contributed by atoms with van der Waals surface area (Å²) in [5.41, 5.74) is 4.36. The molecular formula is C24H32O2. The maximum Gasteiger partial charge on any atom is 0.155 e. The van der Waals surface area contributed by atoms with Crippen molar-refractivity contribution in [3.63, 3.8) is 0 Å². The van der Waals surface area contributed by atoms with Crippen LogP contribution in [-0.4, -0.2) is 18.0 Å². The van der Waals surface area contributed by atoms with E-state index >= 15 is 0 Å². The summed E-state index contributed by atoms with van der Waals surface area (Å²) >= 11 is 0. The molecule has 4 fully saturated rings. The van der Waals surface area contributed by atoms with Crippen molar-refractivity contribution < 1.29 is 9.53 Å². The molecule has 5 rings (SSSR count). The molecule has 2 nitrogen and oxygen atoms in total. The Morgan fingerprint density at radius 3 is 2.77 bits per heavy atom. The Labute approximate surface area is 157 Å². The first-order valence-electron chi connectivity index (χ1n) is 10.8. The van der Waals surface area contributed by atoms with Gasteiger partial charge < -0.3 is 4.74 Å². The zero-order chi connectivity index (χ0) is 18.1. The van der Waals surface area contributed by atoms with Crippen LogP contribution in [0.1, 0.15) is 64.7 Å². The number of allylic oxidation sites excluding steroid dienone is 2. The molecule has 3 saturated carbocycles. The maximum atomic E-state index is 11.9. The van der Waals surface area contributed by atoms with Crippen molar-refractivity contribution >= 4 is 5.78 Å². The van der Waals surface area contributed by atoms with Gasteiger partial charge in [-0.05, 0) is 86.7 Å². The van der Waals surface area contributed by atoms with Crippen molar-refractivity contribution in [2.45, 2.75) is 70.3 Å². The van der Waals surface area contributed by atoms with Gasteiger partial charge in [-0.15, -0.1) is 0 Å². The summed E-state index contributed by atoms with van der Waals surface area (Å²) in [6.45, 7) is 12.3. The normalized spacial score (nSPS) is 47.6. The van der Waals surface area contributed by atoms with Crippen molar-refractivity contribution in [3.05, 3.63) is 36.0 Å². The predicted octanol–water partition coefficient (Wildman–Crippen LogP) is 5.40. The summed E-state index contributed by atoms with van der Waals surface area (Å²) < 4.78 is 6.53. The molecule has 0 N–H and O–H groups in total. The highest BCUT2D eigenvalue weighted by Gasteiger charge is 2.67. The zero-order valence-corrected chi connectivity index (χ0v) is 16.2. The van der Waals surface area contributed by atoms with Gasteiger partial charge in [0.05, 0.1) is 12.2 Å². The van der Waals surface area contributed by atoms with E-state index in [0.717, 1.165) is 57.0 Å². The van der Waals surface area contributed by atoms with Crippen LogP contribution < -0.4 is 0 Å². The zero-order valence-electron chi connectivity index (χ0n) is 16.2. The van der Waals surface area contributed by atoms with Crippen molar-refractivity contribution in [2.24, 2.45) is 29.1 Å². The Morgan fingerprint density at radius 2 is 2.04 bits per heavy atom. The Bertz CT molecular complexity index is 716. The average molecular weight is 353 g/mol. The maximum absolute atomic E-state index is 11.9. The molecular weight excluding hydrogens is 320 g/mol. The van der Waals surface area contributed by atoms with E-state index in [9.17, 15) is 4.79 Å². The highest BCUT2D eigenvalue weighted by Crippen LogP contribution is 2.70. The van der Waals surface area contributed by atoms with E-state index < -0.39 is 0 Å². The lowest BCUT2D eigenvalue weighted by Crippen LogP contribution is -2.55. The summed E-state index contributed by atoms with van der Waals surface area (Å²) in [6.07, 6.45) is 11.9.